The van der Waals surface area contributed by atoms with E-state index in [1.54, 1.807) is 6.20 Å². The molecule has 0 radical (unpaired) electrons. The summed E-state index contributed by atoms with van der Waals surface area (Å²) in [7, 11) is 0. The zero-order valence-electron chi connectivity index (χ0n) is 10.9. The molecular weight excluding hydrogens is 254 g/mol. The molecule has 1 aromatic carbocycles. The first-order valence-corrected chi connectivity index (χ1v) is 7.87. The fraction of sp³-hybridized carbons (Fsp3) is 0.400. The largest absolute Gasteiger partial charge is 0.398 e. The number of rotatable bonds is 3. The number of nitrogens with two attached hydrogens (primary N) is 1. The normalized spacial score (nSPS) is 19.5. The van der Waals surface area contributed by atoms with Crippen molar-refractivity contribution >= 4 is 33.9 Å². The van der Waals surface area contributed by atoms with Gasteiger partial charge < -0.3 is 11.1 Å². The van der Waals surface area contributed by atoms with Crippen LogP contribution in [-0.2, 0) is 0 Å². The van der Waals surface area contributed by atoms with E-state index in [9.17, 15) is 0 Å². The molecule has 0 saturated carbocycles. The fourth-order valence-corrected chi connectivity index (χ4v) is 3.80. The maximum atomic E-state index is 6.00. The first-order chi connectivity index (χ1) is 9.34. The van der Waals surface area contributed by atoms with Crippen LogP contribution < -0.4 is 11.1 Å². The van der Waals surface area contributed by atoms with Gasteiger partial charge in [0.2, 0.25) is 0 Å². The summed E-state index contributed by atoms with van der Waals surface area (Å²) >= 11 is 2.09. The minimum absolute atomic E-state index is 0.734. The summed E-state index contributed by atoms with van der Waals surface area (Å²) in [4.78, 5) is 4.21. The second-order valence-electron chi connectivity index (χ2n) is 4.99. The summed E-state index contributed by atoms with van der Waals surface area (Å²) in [6.45, 7) is 1.03. The van der Waals surface area contributed by atoms with Crippen LogP contribution >= 0.6 is 11.8 Å². The Kier molecular flexibility index (Phi) is 3.78. The van der Waals surface area contributed by atoms with E-state index in [1.807, 2.05) is 18.3 Å². The number of hydrogen-bond acceptors (Lipinski definition) is 4. The molecule has 0 amide bonds. The van der Waals surface area contributed by atoms with Crippen LogP contribution in [0.3, 0.4) is 0 Å². The Morgan fingerprint density at radius 3 is 3.05 bits per heavy atom. The first-order valence-electron chi connectivity index (χ1n) is 6.82. The number of benzene rings is 1. The zero-order chi connectivity index (χ0) is 13.1. The molecule has 1 aromatic heterocycles. The van der Waals surface area contributed by atoms with E-state index >= 15 is 0 Å². The molecule has 3 N–H and O–H groups in total. The van der Waals surface area contributed by atoms with Gasteiger partial charge in [0.25, 0.3) is 0 Å². The smallest absolute Gasteiger partial charge is 0.0437 e. The molecule has 0 spiro atoms. The van der Waals surface area contributed by atoms with Crippen molar-refractivity contribution in [3.05, 3.63) is 30.6 Å². The molecule has 1 aliphatic heterocycles. The van der Waals surface area contributed by atoms with E-state index in [0.29, 0.717) is 0 Å². The van der Waals surface area contributed by atoms with Crippen molar-refractivity contribution < 1.29 is 0 Å². The van der Waals surface area contributed by atoms with Gasteiger partial charge in [-0.05, 0) is 36.8 Å². The number of aromatic nitrogens is 1. The highest BCUT2D eigenvalue weighted by Crippen LogP contribution is 2.29. The molecule has 1 atom stereocenters. The molecule has 100 valence electrons. The van der Waals surface area contributed by atoms with E-state index in [1.165, 1.54) is 25.0 Å². The van der Waals surface area contributed by atoms with Crippen molar-refractivity contribution in [2.24, 2.45) is 0 Å². The molecule has 4 heteroatoms. The van der Waals surface area contributed by atoms with Crippen LogP contribution in [-0.4, -0.2) is 22.5 Å². The average molecular weight is 273 g/mol. The number of hydrogen-bond donors (Lipinski definition) is 2. The van der Waals surface area contributed by atoms with Gasteiger partial charge in [0.05, 0.1) is 0 Å². The lowest BCUT2D eigenvalue weighted by atomic mass is 10.1. The number of anilines is 2. The average Bonchev–Trinajstić information content (AvgIpc) is 2.48. The highest BCUT2D eigenvalue weighted by Gasteiger charge is 2.14. The van der Waals surface area contributed by atoms with Gasteiger partial charge in [-0.1, -0.05) is 6.42 Å². The number of nitrogens with zero attached hydrogens (tertiary/aromatic N) is 1. The van der Waals surface area contributed by atoms with E-state index in [-0.39, 0.29) is 0 Å². The van der Waals surface area contributed by atoms with Gasteiger partial charge in [-0.3, -0.25) is 4.98 Å². The summed E-state index contributed by atoms with van der Waals surface area (Å²) in [5.41, 5.74) is 7.96. The number of nitrogens with one attached hydrogen (secondary N) is 1. The molecular formula is C15H19N3S. The van der Waals surface area contributed by atoms with Gasteiger partial charge in [0.1, 0.15) is 0 Å². The first kappa shape index (κ1) is 12.6. The summed E-state index contributed by atoms with van der Waals surface area (Å²) in [6, 6.07) is 6.01. The van der Waals surface area contributed by atoms with Gasteiger partial charge in [0, 0.05) is 46.3 Å². The highest BCUT2D eigenvalue weighted by atomic mass is 32.2. The molecule has 1 unspecified atom stereocenters. The highest BCUT2D eigenvalue weighted by molar-refractivity contribution is 7.99. The fourth-order valence-electron chi connectivity index (χ4n) is 2.56. The molecule has 2 heterocycles. The van der Waals surface area contributed by atoms with Crippen molar-refractivity contribution in [2.45, 2.75) is 24.5 Å². The van der Waals surface area contributed by atoms with Crippen LogP contribution in [0.25, 0.3) is 10.8 Å². The molecule has 19 heavy (non-hydrogen) atoms. The molecule has 2 aromatic rings. The third-order valence-corrected chi connectivity index (χ3v) is 5.04. The Balaban J connectivity index is 1.79. The zero-order valence-corrected chi connectivity index (χ0v) is 11.7. The van der Waals surface area contributed by atoms with Crippen LogP contribution in [0.4, 0.5) is 11.4 Å². The Hall–Kier alpha value is -1.42. The summed E-state index contributed by atoms with van der Waals surface area (Å²) in [6.07, 6.45) is 7.74. The third kappa shape index (κ3) is 2.78. The number of pyridine rings is 1. The van der Waals surface area contributed by atoms with Gasteiger partial charge in [-0.2, -0.15) is 11.8 Å². The molecule has 1 aliphatic rings. The van der Waals surface area contributed by atoms with Crippen molar-refractivity contribution in [3.63, 3.8) is 0 Å². The van der Waals surface area contributed by atoms with E-state index < -0.39 is 0 Å². The third-order valence-electron chi connectivity index (χ3n) is 3.65. The lowest BCUT2D eigenvalue weighted by molar-refractivity contribution is 0.678. The van der Waals surface area contributed by atoms with Crippen LogP contribution in [0.5, 0.6) is 0 Å². The van der Waals surface area contributed by atoms with E-state index in [4.69, 9.17) is 5.73 Å². The molecule has 3 nitrogen and oxygen atoms in total. The van der Waals surface area contributed by atoms with Crippen LogP contribution in [0.2, 0.25) is 0 Å². The van der Waals surface area contributed by atoms with E-state index in [0.717, 1.165) is 33.9 Å². The number of fused-ring (bicyclic) bond motifs is 1. The predicted molar refractivity (Wildman–Crippen MR) is 84.7 cm³/mol. The maximum Gasteiger partial charge on any atom is 0.0437 e. The Morgan fingerprint density at radius 1 is 1.26 bits per heavy atom. The number of nitrogen functional groups attached to an aromatic ring is 1. The Labute approximate surface area is 118 Å². The van der Waals surface area contributed by atoms with Crippen LogP contribution in [0.15, 0.2) is 30.6 Å². The predicted octanol–water partition coefficient (Wildman–Crippen LogP) is 3.51. The van der Waals surface area contributed by atoms with Crippen molar-refractivity contribution in [2.75, 3.05) is 23.3 Å². The summed E-state index contributed by atoms with van der Waals surface area (Å²) < 4.78 is 0. The second kappa shape index (κ2) is 5.70. The van der Waals surface area contributed by atoms with Crippen molar-refractivity contribution in [1.82, 2.24) is 4.98 Å². The Bertz CT molecular complexity index is 564. The lowest BCUT2D eigenvalue weighted by Crippen LogP contribution is -2.20. The van der Waals surface area contributed by atoms with E-state index in [2.05, 4.69) is 28.1 Å². The Morgan fingerprint density at radius 2 is 2.21 bits per heavy atom. The molecule has 0 aliphatic carbocycles. The topological polar surface area (TPSA) is 50.9 Å². The molecule has 1 saturated heterocycles. The van der Waals surface area contributed by atoms with Crippen molar-refractivity contribution in [3.8, 4) is 0 Å². The number of thioether (sulfide) groups is 1. The van der Waals surface area contributed by atoms with Gasteiger partial charge in [0.15, 0.2) is 0 Å². The van der Waals surface area contributed by atoms with Gasteiger partial charge >= 0.3 is 0 Å². The quantitative estimate of drug-likeness (QED) is 0.840. The summed E-state index contributed by atoms with van der Waals surface area (Å²) in [5.74, 6) is 1.30. The van der Waals surface area contributed by atoms with Crippen molar-refractivity contribution in [1.29, 1.82) is 0 Å². The summed E-state index contributed by atoms with van der Waals surface area (Å²) in [5, 5.41) is 6.50. The maximum absolute atomic E-state index is 6.00. The monoisotopic (exact) mass is 273 g/mol. The second-order valence-corrected chi connectivity index (χ2v) is 6.40. The van der Waals surface area contributed by atoms with Gasteiger partial charge in [-0.15, -0.1) is 0 Å². The SMILES string of the molecule is Nc1ccc(NCC2CCCCS2)c2cnccc12. The standard InChI is InChI=1S/C15H19N3S/c16-14-4-5-15(13-10-17-7-6-12(13)14)18-9-11-3-1-2-8-19-11/h4-7,10-11,18H,1-3,8-9,16H2. The minimum atomic E-state index is 0.734. The molecule has 1 fully saturated rings. The van der Waals surface area contributed by atoms with Crippen LogP contribution in [0, 0.1) is 0 Å². The van der Waals surface area contributed by atoms with Gasteiger partial charge in [-0.25, -0.2) is 0 Å². The molecule has 3 rings (SSSR count). The molecule has 0 bridgehead atoms. The minimum Gasteiger partial charge on any atom is -0.398 e. The lowest BCUT2D eigenvalue weighted by Gasteiger charge is -2.22. The van der Waals surface area contributed by atoms with Crippen LogP contribution in [0.1, 0.15) is 19.3 Å².